The van der Waals surface area contributed by atoms with Crippen LogP contribution < -0.4 is 5.32 Å². The van der Waals surface area contributed by atoms with Crippen molar-refractivity contribution in [3.8, 4) is 0 Å². The maximum Gasteiger partial charge on any atom is 0.255 e. The summed E-state index contributed by atoms with van der Waals surface area (Å²) < 4.78 is 0. The molecule has 1 saturated heterocycles. The van der Waals surface area contributed by atoms with Crippen molar-refractivity contribution in [2.75, 3.05) is 11.1 Å². The number of benzene rings is 3. The van der Waals surface area contributed by atoms with Crippen LogP contribution in [0.15, 0.2) is 78.9 Å². The summed E-state index contributed by atoms with van der Waals surface area (Å²) in [7, 11) is 0. The Bertz CT molecular complexity index is 1010. The summed E-state index contributed by atoms with van der Waals surface area (Å²) in [6, 6.07) is 24.3. The quantitative estimate of drug-likeness (QED) is 0.601. The predicted molar refractivity (Wildman–Crippen MR) is 118 cm³/mol. The van der Waals surface area contributed by atoms with Gasteiger partial charge in [-0.15, -0.1) is 11.8 Å². The van der Waals surface area contributed by atoms with Gasteiger partial charge < -0.3 is 10.2 Å². The lowest BCUT2D eigenvalue weighted by Gasteiger charge is -2.24. The Kier molecular flexibility index (Phi) is 5.88. The van der Waals surface area contributed by atoms with Crippen LogP contribution in [-0.4, -0.2) is 22.5 Å². The van der Waals surface area contributed by atoms with Crippen LogP contribution in [0.2, 0.25) is 5.02 Å². The number of carbonyl (C=O) groups is 2. The highest BCUT2D eigenvalue weighted by molar-refractivity contribution is 8.00. The molecule has 146 valence electrons. The summed E-state index contributed by atoms with van der Waals surface area (Å²) >= 11 is 7.56. The van der Waals surface area contributed by atoms with Gasteiger partial charge in [0, 0.05) is 22.8 Å². The highest BCUT2D eigenvalue weighted by atomic mass is 35.5. The van der Waals surface area contributed by atoms with Gasteiger partial charge in [-0.2, -0.15) is 0 Å². The number of para-hydroxylation sites is 1. The summed E-state index contributed by atoms with van der Waals surface area (Å²) in [4.78, 5) is 26.7. The zero-order chi connectivity index (χ0) is 20.2. The second-order valence-corrected chi connectivity index (χ2v) is 8.26. The average Bonchev–Trinajstić information content (AvgIpc) is 3.11. The highest BCUT2D eigenvalue weighted by Crippen LogP contribution is 2.39. The topological polar surface area (TPSA) is 49.4 Å². The summed E-state index contributed by atoms with van der Waals surface area (Å²) in [5.41, 5.74) is 3.38. The summed E-state index contributed by atoms with van der Waals surface area (Å²) in [6.45, 7) is 0.532. The monoisotopic (exact) mass is 422 g/mol. The van der Waals surface area contributed by atoms with E-state index in [1.807, 2.05) is 71.6 Å². The molecule has 4 nitrogen and oxygen atoms in total. The Morgan fingerprint density at radius 3 is 2.38 bits per heavy atom. The molecular weight excluding hydrogens is 404 g/mol. The number of hydrogen-bond donors (Lipinski definition) is 1. The minimum atomic E-state index is -0.157. The maximum atomic E-state index is 12.4. The first kappa shape index (κ1) is 19.6. The van der Waals surface area contributed by atoms with Gasteiger partial charge in [-0.25, -0.2) is 0 Å². The van der Waals surface area contributed by atoms with E-state index in [4.69, 9.17) is 11.6 Å². The molecule has 0 saturated carbocycles. The van der Waals surface area contributed by atoms with Crippen molar-refractivity contribution in [3.05, 3.63) is 101 Å². The molecule has 0 unspecified atom stereocenters. The van der Waals surface area contributed by atoms with Crippen LogP contribution in [-0.2, 0) is 11.3 Å². The second kappa shape index (κ2) is 8.72. The lowest BCUT2D eigenvalue weighted by molar-refractivity contribution is -0.128. The molecule has 1 aliphatic rings. The number of nitrogens with zero attached hydrogens (tertiary/aromatic N) is 1. The number of thioether (sulfide) groups is 1. The molecule has 4 rings (SSSR count). The molecule has 1 aliphatic heterocycles. The molecule has 29 heavy (non-hydrogen) atoms. The Morgan fingerprint density at radius 1 is 1.00 bits per heavy atom. The second-order valence-electron chi connectivity index (χ2n) is 6.75. The third kappa shape index (κ3) is 4.63. The van der Waals surface area contributed by atoms with Crippen LogP contribution in [0.5, 0.6) is 0 Å². The van der Waals surface area contributed by atoms with E-state index < -0.39 is 0 Å². The molecule has 1 heterocycles. The molecule has 6 heteroatoms. The van der Waals surface area contributed by atoms with Gasteiger partial charge >= 0.3 is 0 Å². The van der Waals surface area contributed by atoms with Crippen LogP contribution in [0.4, 0.5) is 5.69 Å². The highest BCUT2D eigenvalue weighted by Gasteiger charge is 2.32. The van der Waals surface area contributed by atoms with Crippen molar-refractivity contribution in [2.45, 2.75) is 11.9 Å². The maximum absolute atomic E-state index is 12.4. The first-order valence-electron chi connectivity index (χ1n) is 9.22. The fraction of sp³-hybridized carbons (Fsp3) is 0.130. The van der Waals surface area contributed by atoms with Crippen molar-refractivity contribution in [2.24, 2.45) is 0 Å². The lowest BCUT2D eigenvalue weighted by Crippen LogP contribution is -2.27. The molecule has 1 N–H and O–H groups in total. The smallest absolute Gasteiger partial charge is 0.255 e. The fourth-order valence-corrected chi connectivity index (χ4v) is 4.53. The minimum absolute atomic E-state index is 0.0654. The molecule has 0 spiro atoms. The van der Waals surface area contributed by atoms with Crippen LogP contribution >= 0.6 is 23.4 Å². The molecule has 1 atom stereocenters. The van der Waals surface area contributed by atoms with Crippen LogP contribution in [0.25, 0.3) is 0 Å². The third-order valence-electron chi connectivity index (χ3n) is 4.72. The largest absolute Gasteiger partial charge is 0.322 e. The van der Waals surface area contributed by atoms with E-state index in [1.54, 1.807) is 23.9 Å². The SMILES string of the molecule is O=C(Nc1ccccc1)c1ccc([C@H]2SCC(=O)N2Cc2ccc(Cl)cc2)cc1. The number of carbonyl (C=O) groups excluding carboxylic acids is 2. The Balaban J connectivity index is 1.47. The summed E-state index contributed by atoms with van der Waals surface area (Å²) in [5.74, 6) is 0.408. The van der Waals surface area contributed by atoms with E-state index in [0.29, 0.717) is 22.9 Å². The first-order valence-corrected chi connectivity index (χ1v) is 10.6. The van der Waals surface area contributed by atoms with Crippen LogP contribution in [0.3, 0.4) is 0 Å². The van der Waals surface area contributed by atoms with Crippen molar-refractivity contribution in [3.63, 3.8) is 0 Å². The number of halogens is 1. The minimum Gasteiger partial charge on any atom is -0.322 e. The van der Waals surface area contributed by atoms with Crippen molar-refractivity contribution >= 4 is 40.9 Å². The van der Waals surface area contributed by atoms with Crippen molar-refractivity contribution in [1.82, 2.24) is 4.90 Å². The summed E-state index contributed by atoms with van der Waals surface area (Å²) in [6.07, 6.45) is 0. The summed E-state index contributed by atoms with van der Waals surface area (Å²) in [5, 5.41) is 3.49. The molecule has 2 amide bonds. The van der Waals surface area contributed by atoms with Crippen molar-refractivity contribution in [1.29, 1.82) is 0 Å². The fourth-order valence-electron chi connectivity index (χ4n) is 3.21. The molecule has 1 fully saturated rings. The molecule has 3 aromatic carbocycles. The normalized spacial score (nSPS) is 16.1. The average molecular weight is 423 g/mol. The molecular formula is C23H19ClN2O2S. The zero-order valence-electron chi connectivity index (χ0n) is 15.5. The van der Waals surface area contributed by atoms with E-state index in [2.05, 4.69) is 5.32 Å². The van der Waals surface area contributed by atoms with E-state index in [-0.39, 0.29) is 17.2 Å². The zero-order valence-corrected chi connectivity index (χ0v) is 17.1. The third-order valence-corrected chi connectivity index (χ3v) is 6.23. The van der Waals surface area contributed by atoms with Gasteiger partial charge in [-0.3, -0.25) is 9.59 Å². The Labute approximate surface area is 178 Å². The van der Waals surface area contributed by atoms with Crippen LogP contribution in [0.1, 0.15) is 26.9 Å². The molecule has 0 radical (unpaired) electrons. The first-order chi connectivity index (χ1) is 14.1. The van der Waals surface area contributed by atoms with Gasteiger partial charge in [-0.1, -0.05) is 54.1 Å². The number of anilines is 1. The molecule has 0 bridgehead atoms. The van der Waals surface area contributed by atoms with Gasteiger partial charge in [0.2, 0.25) is 5.91 Å². The van der Waals surface area contributed by atoms with Crippen LogP contribution in [0, 0.1) is 0 Å². The van der Waals surface area contributed by atoms with Gasteiger partial charge in [0.1, 0.15) is 5.37 Å². The van der Waals surface area contributed by atoms with Gasteiger partial charge in [-0.05, 0) is 47.5 Å². The Hall–Kier alpha value is -2.76. The van der Waals surface area contributed by atoms with E-state index >= 15 is 0 Å². The van der Waals surface area contributed by atoms with E-state index in [0.717, 1.165) is 16.8 Å². The predicted octanol–water partition coefficient (Wildman–Crippen LogP) is 5.37. The van der Waals surface area contributed by atoms with Gasteiger partial charge in [0.25, 0.3) is 5.91 Å². The molecule has 0 aromatic heterocycles. The van der Waals surface area contributed by atoms with Gasteiger partial charge in [0.05, 0.1) is 5.75 Å². The number of hydrogen-bond acceptors (Lipinski definition) is 3. The number of amides is 2. The number of rotatable bonds is 5. The van der Waals surface area contributed by atoms with E-state index in [9.17, 15) is 9.59 Å². The van der Waals surface area contributed by atoms with Gasteiger partial charge in [0.15, 0.2) is 0 Å². The number of nitrogens with one attached hydrogen (secondary N) is 1. The Morgan fingerprint density at radius 2 is 1.69 bits per heavy atom. The standard InChI is InChI=1S/C23H19ClN2O2S/c24-19-12-6-16(7-13-19)14-26-21(27)15-29-23(26)18-10-8-17(9-11-18)22(28)25-20-4-2-1-3-5-20/h1-13,23H,14-15H2,(H,25,28)/t23-/m1/s1. The lowest BCUT2D eigenvalue weighted by atomic mass is 10.1. The molecule has 3 aromatic rings. The van der Waals surface area contributed by atoms with E-state index in [1.165, 1.54) is 0 Å². The molecule has 0 aliphatic carbocycles. The van der Waals surface area contributed by atoms with Crippen molar-refractivity contribution < 1.29 is 9.59 Å².